The molecule has 1 unspecified atom stereocenters. The minimum Gasteiger partial charge on any atom is -0.486 e. The molecule has 0 aliphatic carbocycles. The van der Waals surface area contributed by atoms with Gasteiger partial charge in [-0.25, -0.2) is 14.4 Å². The Morgan fingerprint density at radius 2 is 1.65 bits per heavy atom. The lowest BCUT2D eigenvalue weighted by Crippen LogP contribution is -2.08. The van der Waals surface area contributed by atoms with Gasteiger partial charge >= 0.3 is 0 Å². The number of aromatic nitrogens is 2. The molecule has 0 fully saturated rings. The molecule has 0 saturated heterocycles. The molecule has 3 aromatic rings. The fourth-order valence-corrected chi connectivity index (χ4v) is 3.86. The molecule has 0 spiro atoms. The van der Waals surface area contributed by atoms with Crippen LogP contribution >= 0.6 is 0 Å². The number of rotatable bonds is 15. The van der Waals surface area contributed by atoms with Crippen molar-refractivity contribution in [1.29, 1.82) is 0 Å². The fraction of sp³-hybridized carbons (Fsp3) is 0.355. The van der Waals surface area contributed by atoms with Crippen molar-refractivity contribution in [3.05, 3.63) is 85.0 Å². The van der Waals surface area contributed by atoms with E-state index in [0.29, 0.717) is 17.5 Å². The highest BCUT2D eigenvalue weighted by Crippen LogP contribution is 2.31. The van der Waals surface area contributed by atoms with Crippen molar-refractivity contribution in [2.75, 3.05) is 13.2 Å². The van der Waals surface area contributed by atoms with Crippen LogP contribution in [0, 0.1) is 11.6 Å². The normalized spacial score (nSPS) is 12.1. The minimum absolute atomic E-state index is 0.106. The van der Waals surface area contributed by atoms with E-state index in [4.69, 9.17) is 9.47 Å². The largest absolute Gasteiger partial charge is 0.486 e. The average Bonchev–Trinajstić information content (AvgIpc) is 2.92. The number of nitrogens with zero attached hydrogens (tertiary/aromatic N) is 2. The van der Waals surface area contributed by atoms with Gasteiger partial charge in [0.15, 0.2) is 17.4 Å². The lowest BCUT2D eigenvalue weighted by molar-refractivity contribution is 0.0566. The smallest absolute Gasteiger partial charge is 0.201 e. The standard InChI is InChI=1S/C31H36F2N2O2/c1-4-6-10-20-36-23(3)11-8-7-9-12-29-34-21-26(22-35-29)24-13-15-25(16-14-24)27-17-18-28(37-19-5-2)31(33)30(27)32/h5,9,12-18,21-23H,2,4,6-8,10-11,19-20H2,1,3H3. The van der Waals surface area contributed by atoms with Gasteiger partial charge < -0.3 is 9.47 Å². The molecule has 6 heteroatoms. The zero-order valence-electron chi connectivity index (χ0n) is 21.8. The monoisotopic (exact) mass is 506 g/mol. The van der Waals surface area contributed by atoms with E-state index in [2.05, 4.69) is 36.5 Å². The van der Waals surface area contributed by atoms with Crippen LogP contribution in [0.4, 0.5) is 8.78 Å². The molecule has 4 nitrogen and oxygen atoms in total. The average molecular weight is 507 g/mol. The highest BCUT2D eigenvalue weighted by atomic mass is 19.2. The van der Waals surface area contributed by atoms with Crippen LogP contribution in [0.5, 0.6) is 5.75 Å². The molecule has 0 aliphatic rings. The van der Waals surface area contributed by atoms with Crippen molar-refractivity contribution in [1.82, 2.24) is 9.97 Å². The number of allylic oxidation sites excluding steroid dienone is 1. The van der Waals surface area contributed by atoms with Crippen LogP contribution in [0.15, 0.2) is 67.5 Å². The van der Waals surface area contributed by atoms with E-state index >= 15 is 0 Å². The summed E-state index contributed by atoms with van der Waals surface area (Å²) in [6.45, 7) is 8.80. The van der Waals surface area contributed by atoms with E-state index in [0.717, 1.165) is 43.4 Å². The Bertz CT molecular complexity index is 1150. The van der Waals surface area contributed by atoms with E-state index in [-0.39, 0.29) is 17.9 Å². The van der Waals surface area contributed by atoms with Gasteiger partial charge in [-0.05, 0) is 61.9 Å². The molecular weight excluding hydrogens is 470 g/mol. The molecule has 0 amide bonds. The van der Waals surface area contributed by atoms with E-state index in [1.54, 1.807) is 24.5 Å². The first-order valence-electron chi connectivity index (χ1n) is 13.0. The predicted octanol–water partition coefficient (Wildman–Crippen LogP) is 8.43. The number of hydrogen-bond donors (Lipinski definition) is 0. The first kappa shape index (κ1) is 28.2. The summed E-state index contributed by atoms with van der Waals surface area (Å²) in [5.74, 6) is -1.43. The Kier molecular flexibility index (Phi) is 11.4. The van der Waals surface area contributed by atoms with Gasteiger partial charge in [-0.3, -0.25) is 0 Å². The maximum atomic E-state index is 14.6. The second kappa shape index (κ2) is 15.0. The van der Waals surface area contributed by atoms with Crippen LogP contribution in [0.25, 0.3) is 28.3 Å². The number of benzene rings is 2. The van der Waals surface area contributed by atoms with Crippen molar-refractivity contribution < 1.29 is 18.3 Å². The van der Waals surface area contributed by atoms with Crippen molar-refractivity contribution in [3.8, 4) is 28.0 Å². The third-order valence-electron chi connectivity index (χ3n) is 6.00. The van der Waals surface area contributed by atoms with Crippen LogP contribution in [-0.2, 0) is 4.74 Å². The quantitative estimate of drug-likeness (QED) is 0.153. The third kappa shape index (κ3) is 8.60. The molecular formula is C31H36F2N2O2. The van der Waals surface area contributed by atoms with Gasteiger partial charge in [0.2, 0.25) is 5.82 Å². The van der Waals surface area contributed by atoms with Gasteiger partial charge in [0.25, 0.3) is 0 Å². The second-order valence-electron chi connectivity index (χ2n) is 8.97. The number of ether oxygens (including phenoxy) is 2. The van der Waals surface area contributed by atoms with Crippen LogP contribution in [0.2, 0.25) is 0 Å². The molecule has 1 aromatic heterocycles. The summed E-state index contributed by atoms with van der Waals surface area (Å²) in [5.41, 5.74) is 2.47. The van der Waals surface area contributed by atoms with E-state index < -0.39 is 11.6 Å². The minimum atomic E-state index is -1.01. The van der Waals surface area contributed by atoms with Crippen LogP contribution < -0.4 is 4.74 Å². The topological polar surface area (TPSA) is 44.2 Å². The molecule has 37 heavy (non-hydrogen) atoms. The molecule has 0 bridgehead atoms. The maximum absolute atomic E-state index is 14.6. The second-order valence-corrected chi connectivity index (χ2v) is 8.97. The first-order chi connectivity index (χ1) is 18.0. The van der Waals surface area contributed by atoms with Gasteiger partial charge in [0, 0.05) is 30.1 Å². The van der Waals surface area contributed by atoms with Gasteiger partial charge in [0.05, 0.1) is 6.10 Å². The summed E-state index contributed by atoms with van der Waals surface area (Å²) >= 11 is 0. The Morgan fingerprint density at radius 1 is 0.919 bits per heavy atom. The van der Waals surface area contributed by atoms with Crippen molar-refractivity contribution >= 4 is 6.08 Å². The Balaban J connectivity index is 1.52. The zero-order valence-corrected chi connectivity index (χ0v) is 21.8. The highest BCUT2D eigenvalue weighted by Gasteiger charge is 2.15. The molecule has 0 radical (unpaired) electrons. The van der Waals surface area contributed by atoms with E-state index in [1.165, 1.54) is 31.1 Å². The zero-order chi connectivity index (χ0) is 26.5. The Morgan fingerprint density at radius 3 is 2.35 bits per heavy atom. The molecule has 1 heterocycles. The van der Waals surface area contributed by atoms with Crippen LogP contribution in [0.1, 0.15) is 58.2 Å². The van der Waals surface area contributed by atoms with E-state index in [1.807, 2.05) is 18.2 Å². The van der Waals surface area contributed by atoms with Crippen molar-refractivity contribution in [2.45, 2.75) is 58.5 Å². The Hall–Kier alpha value is -3.38. The molecule has 2 aromatic carbocycles. The number of unbranched alkanes of at least 4 members (excludes halogenated alkanes) is 3. The van der Waals surface area contributed by atoms with Gasteiger partial charge in [-0.2, -0.15) is 4.39 Å². The summed E-state index contributed by atoms with van der Waals surface area (Å²) in [7, 11) is 0. The lowest BCUT2D eigenvalue weighted by atomic mass is 10.0. The van der Waals surface area contributed by atoms with Crippen molar-refractivity contribution in [2.24, 2.45) is 0 Å². The van der Waals surface area contributed by atoms with E-state index in [9.17, 15) is 8.78 Å². The van der Waals surface area contributed by atoms with Crippen LogP contribution in [0.3, 0.4) is 0 Å². The summed E-state index contributed by atoms with van der Waals surface area (Å²) in [4.78, 5) is 8.87. The highest BCUT2D eigenvalue weighted by molar-refractivity contribution is 5.70. The van der Waals surface area contributed by atoms with Crippen molar-refractivity contribution in [3.63, 3.8) is 0 Å². The maximum Gasteiger partial charge on any atom is 0.201 e. The molecule has 1 atom stereocenters. The summed E-state index contributed by atoms with van der Waals surface area (Å²) in [6.07, 6.45) is 15.9. The lowest BCUT2D eigenvalue weighted by Gasteiger charge is -2.11. The summed E-state index contributed by atoms with van der Waals surface area (Å²) < 4.78 is 39.9. The molecule has 3 rings (SSSR count). The van der Waals surface area contributed by atoms with Gasteiger partial charge in [0.1, 0.15) is 6.61 Å². The first-order valence-corrected chi connectivity index (χ1v) is 13.0. The summed E-state index contributed by atoms with van der Waals surface area (Å²) in [6, 6.07) is 10.1. The summed E-state index contributed by atoms with van der Waals surface area (Å²) in [5, 5.41) is 0. The Labute approximate surface area is 219 Å². The van der Waals surface area contributed by atoms with Gasteiger partial charge in [-0.15, -0.1) is 0 Å². The molecule has 0 aliphatic heterocycles. The number of hydrogen-bond acceptors (Lipinski definition) is 4. The fourth-order valence-electron chi connectivity index (χ4n) is 3.86. The molecule has 0 saturated carbocycles. The van der Waals surface area contributed by atoms with Crippen LogP contribution in [-0.4, -0.2) is 29.3 Å². The third-order valence-corrected chi connectivity index (χ3v) is 6.00. The molecule has 196 valence electrons. The number of halogens is 2. The predicted molar refractivity (Wildman–Crippen MR) is 146 cm³/mol. The SMILES string of the molecule is C=CCOc1ccc(-c2ccc(-c3cnc(C=CCCCC(C)OCCCCC)nc3)cc2)c(F)c1F. The van der Waals surface area contributed by atoms with Gasteiger partial charge in [-0.1, -0.05) is 62.8 Å². The molecule has 0 N–H and O–H groups in total.